The molecule has 7 heteroatoms. The van der Waals surface area contributed by atoms with Gasteiger partial charge in [0.15, 0.2) is 0 Å². The molecule has 26 heavy (non-hydrogen) atoms. The molecule has 0 N–H and O–H groups in total. The molecule has 1 amide bonds. The first-order chi connectivity index (χ1) is 12.5. The van der Waals surface area contributed by atoms with Crippen molar-refractivity contribution in [3.63, 3.8) is 0 Å². The number of halogens is 1. The number of ether oxygens (including phenoxy) is 2. The molecular formula is C19H24ClN3O3. The molecule has 2 aromatic rings. The number of nitrogens with zero attached hydrogens (tertiary/aromatic N) is 3. The molecule has 3 rings (SSSR count). The molecule has 0 bridgehead atoms. The summed E-state index contributed by atoms with van der Waals surface area (Å²) < 4.78 is 12.6. The van der Waals surface area contributed by atoms with Crippen LogP contribution in [0.25, 0.3) is 0 Å². The second-order valence-corrected chi connectivity index (χ2v) is 7.02. The third-order valence-electron chi connectivity index (χ3n) is 4.82. The fourth-order valence-corrected chi connectivity index (χ4v) is 3.69. The number of carbonyl (C=O) groups excluding carboxylic acids is 1. The van der Waals surface area contributed by atoms with Crippen molar-refractivity contribution in [3.8, 4) is 11.5 Å². The van der Waals surface area contributed by atoms with Crippen LogP contribution in [-0.4, -0.2) is 41.4 Å². The van der Waals surface area contributed by atoms with Gasteiger partial charge in [-0.2, -0.15) is 5.10 Å². The quantitative estimate of drug-likeness (QED) is 0.772. The Hall–Kier alpha value is -2.21. The van der Waals surface area contributed by atoms with Crippen molar-refractivity contribution in [2.75, 3.05) is 20.8 Å². The lowest BCUT2D eigenvalue weighted by Gasteiger charge is -2.29. The Balaban J connectivity index is 1.80. The molecule has 0 saturated carbocycles. The number of methoxy groups -OCH3 is 2. The first-order valence-electron chi connectivity index (χ1n) is 8.74. The summed E-state index contributed by atoms with van der Waals surface area (Å²) in [5.41, 5.74) is 0.993. The van der Waals surface area contributed by atoms with Crippen LogP contribution in [0, 0.1) is 5.92 Å². The molecule has 0 aliphatic carbocycles. The molecule has 0 unspecified atom stereocenters. The first-order valence-corrected chi connectivity index (χ1v) is 9.11. The second-order valence-electron chi connectivity index (χ2n) is 6.58. The van der Waals surface area contributed by atoms with Gasteiger partial charge in [0.2, 0.25) is 5.91 Å². The summed E-state index contributed by atoms with van der Waals surface area (Å²) in [4.78, 5) is 15.0. The molecule has 1 aromatic carbocycles. The Morgan fingerprint density at radius 1 is 1.38 bits per heavy atom. The number of likely N-dealkylation sites (tertiary alicyclic amines) is 1. The minimum atomic E-state index is -0.192. The van der Waals surface area contributed by atoms with Crippen LogP contribution in [0.5, 0.6) is 11.5 Å². The number of amides is 1. The van der Waals surface area contributed by atoms with E-state index in [0.29, 0.717) is 11.6 Å². The second kappa shape index (κ2) is 7.99. The summed E-state index contributed by atoms with van der Waals surface area (Å²) in [6.45, 7) is 3.17. The summed E-state index contributed by atoms with van der Waals surface area (Å²) in [5.74, 6) is 1.47. The Morgan fingerprint density at radius 3 is 2.85 bits per heavy atom. The summed E-state index contributed by atoms with van der Waals surface area (Å²) in [6.07, 6.45) is 5.20. The highest BCUT2D eigenvalue weighted by Gasteiger charge is 2.34. The van der Waals surface area contributed by atoms with Gasteiger partial charge in [-0.05, 0) is 31.0 Å². The normalized spacial score (nSPS) is 18.0. The van der Waals surface area contributed by atoms with Gasteiger partial charge in [-0.1, -0.05) is 18.5 Å². The van der Waals surface area contributed by atoms with Crippen molar-refractivity contribution in [1.82, 2.24) is 14.7 Å². The summed E-state index contributed by atoms with van der Waals surface area (Å²) in [6, 6.07) is 5.72. The van der Waals surface area contributed by atoms with E-state index in [4.69, 9.17) is 21.1 Å². The van der Waals surface area contributed by atoms with Crippen molar-refractivity contribution in [3.05, 3.63) is 41.2 Å². The fourth-order valence-electron chi connectivity index (χ4n) is 3.53. The standard InChI is InChI=1S/C19H24ClN3O3/c1-13(11-22-12-14(20)10-21-22)19(24)23-8-4-5-17(23)16-9-15(25-2)6-7-18(16)26-3/h6-7,9-10,12-13,17H,4-5,8,11H2,1-3H3/t13-,17+/m1/s1. The zero-order chi connectivity index (χ0) is 18.7. The monoisotopic (exact) mass is 377 g/mol. The van der Waals surface area contributed by atoms with Gasteiger partial charge in [0.1, 0.15) is 11.5 Å². The SMILES string of the molecule is COc1ccc(OC)c([C@@H]2CCCN2C(=O)[C@H](C)Cn2cc(Cl)cn2)c1. The smallest absolute Gasteiger partial charge is 0.227 e. The van der Waals surface area contributed by atoms with Gasteiger partial charge in [0.05, 0.1) is 43.9 Å². The van der Waals surface area contributed by atoms with Crippen LogP contribution in [0.1, 0.15) is 31.4 Å². The number of benzene rings is 1. The van der Waals surface area contributed by atoms with Crippen LogP contribution < -0.4 is 9.47 Å². The third kappa shape index (κ3) is 3.80. The van der Waals surface area contributed by atoms with Crippen molar-refractivity contribution >= 4 is 17.5 Å². The van der Waals surface area contributed by atoms with Gasteiger partial charge in [0.25, 0.3) is 0 Å². The minimum absolute atomic E-state index is 0.00351. The van der Waals surface area contributed by atoms with Gasteiger partial charge in [-0.25, -0.2) is 0 Å². The lowest BCUT2D eigenvalue weighted by Crippen LogP contribution is -2.36. The fraction of sp³-hybridized carbons (Fsp3) is 0.474. The molecule has 1 aliphatic rings. The highest BCUT2D eigenvalue weighted by atomic mass is 35.5. The van der Waals surface area contributed by atoms with Gasteiger partial charge in [-0.3, -0.25) is 9.48 Å². The zero-order valence-corrected chi connectivity index (χ0v) is 16.1. The van der Waals surface area contributed by atoms with Gasteiger partial charge >= 0.3 is 0 Å². The predicted molar refractivity (Wildman–Crippen MR) is 99.6 cm³/mol. The maximum absolute atomic E-state index is 13.1. The zero-order valence-electron chi connectivity index (χ0n) is 15.3. The summed E-state index contributed by atoms with van der Waals surface area (Å²) >= 11 is 5.91. The first kappa shape index (κ1) is 18.6. The molecule has 0 radical (unpaired) electrons. The van der Waals surface area contributed by atoms with E-state index in [2.05, 4.69) is 5.10 Å². The molecule has 6 nitrogen and oxygen atoms in total. The Labute approximate surface area is 158 Å². The lowest BCUT2D eigenvalue weighted by atomic mass is 10.0. The molecule has 1 fully saturated rings. The van der Waals surface area contributed by atoms with E-state index in [-0.39, 0.29) is 17.9 Å². The highest BCUT2D eigenvalue weighted by Crippen LogP contribution is 2.39. The lowest BCUT2D eigenvalue weighted by molar-refractivity contribution is -0.136. The number of carbonyl (C=O) groups is 1. The molecule has 1 aliphatic heterocycles. The largest absolute Gasteiger partial charge is 0.497 e. The molecule has 1 saturated heterocycles. The van der Waals surface area contributed by atoms with Crippen molar-refractivity contribution in [2.45, 2.75) is 32.4 Å². The van der Waals surface area contributed by atoms with Gasteiger partial charge in [-0.15, -0.1) is 0 Å². The number of hydrogen-bond donors (Lipinski definition) is 0. The Morgan fingerprint density at radius 2 is 2.19 bits per heavy atom. The van der Waals surface area contributed by atoms with Crippen LogP contribution in [0.2, 0.25) is 5.02 Å². The van der Waals surface area contributed by atoms with Crippen LogP contribution in [0.3, 0.4) is 0 Å². The van der Waals surface area contributed by atoms with E-state index < -0.39 is 0 Å². The molecule has 0 spiro atoms. The van der Waals surface area contributed by atoms with E-state index in [0.717, 1.165) is 36.4 Å². The highest BCUT2D eigenvalue weighted by molar-refractivity contribution is 6.30. The van der Waals surface area contributed by atoms with Crippen LogP contribution in [0.4, 0.5) is 0 Å². The van der Waals surface area contributed by atoms with E-state index >= 15 is 0 Å². The summed E-state index contributed by atoms with van der Waals surface area (Å²) in [5, 5.41) is 4.74. The third-order valence-corrected chi connectivity index (χ3v) is 5.01. The number of hydrogen-bond acceptors (Lipinski definition) is 4. The topological polar surface area (TPSA) is 56.6 Å². The summed E-state index contributed by atoms with van der Waals surface area (Å²) in [7, 11) is 3.29. The van der Waals surface area contributed by atoms with Crippen molar-refractivity contribution < 1.29 is 14.3 Å². The van der Waals surface area contributed by atoms with E-state index in [1.165, 1.54) is 0 Å². The van der Waals surface area contributed by atoms with E-state index in [1.807, 2.05) is 30.0 Å². The molecule has 140 valence electrons. The number of rotatable bonds is 6. The molecule has 1 aromatic heterocycles. The minimum Gasteiger partial charge on any atom is -0.497 e. The van der Waals surface area contributed by atoms with Gasteiger partial charge < -0.3 is 14.4 Å². The van der Waals surface area contributed by atoms with Gasteiger partial charge in [0, 0.05) is 18.3 Å². The van der Waals surface area contributed by atoms with Crippen LogP contribution in [-0.2, 0) is 11.3 Å². The van der Waals surface area contributed by atoms with E-state index in [1.54, 1.807) is 31.3 Å². The average Bonchev–Trinajstić information content (AvgIpc) is 3.29. The maximum Gasteiger partial charge on any atom is 0.227 e. The van der Waals surface area contributed by atoms with Crippen LogP contribution >= 0.6 is 11.6 Å². The number of aromatic nitrogens is 2. The average molecular weight is 378 g/mol. The maximum atomic E-state index is 13.1. The van der Waals surface area contributed by atoms with E-state index in [9.17, 15) is 4.79 Å². The molecule has 2 atom stereocenters. The predicted octanol–water partition coefficient (Wildman–Crippen LogP) is 3.55. The Kier molecular flexibility index (Phi) is 5.71. The Bertz CT molecular complexity index is 777. The molecule has 2 heterocycles. The molecular weight excluding hydrogens is 354 g/mol. The van der Waals surface area contributed by atoms with Crippen molar-refractivity contribution in [1.29, 1.82) is 0 Å². The van der Waals surface area contributed by atoms with Crippen molar-refractivity contribution in [2.24, 2.45) is 5.92 Å². The van der Waals surface area contributed by atoms with Crippen LogP contribution in [0.15, 0.2) is 30.6 Å².